The molecule has 5 heteroatoms. The summed E-state index contributed by atoms with van der Waals surface area (Å²) in [6.07, 6.45) is 1.78. The Bertz CT molecular complexity index is 522. The first-order valence-corrected chi connectivity index (χ1v) is 7.84. The van der Waals surface area contributed by atoms with Gasteiger partial charge in [-0.1, -0.05) is 0 Å². The first kappa shape index (κ1) is 13.5. The first-order valence-electron chi connectivity index (χ1n) is 6.19. The van der Waals surface area contributed by atoms with E-state index in [9.17, 15) is 12.8 Å². The maximum absolute atomic E-state index is 13.0. The van der Waals surface area contributed by atoms with Gasteiger partial charge in [0.2, 0.25) is 0 Å². The van der Waals surface area contributed by atoms with Crippen molar-refractivity contribution in [2.24, 2.45) is 5.92 Å². The molecule has 1 fully saturated rings. The number of piperidine rings is 1. The predicted octanol–water partition coefficient (Wildman–Crippen LogP) is 1.91. The van der Waals surface area contributed by atoms with Gasteiger partial charge in [-0.2, -0.15) is 0 Å². The fraction of sp³-hybridized carbons (Fsp3) is 0.538. The summed E-state index contributed by atoms with van der Waals surface area (Å²) in [4.78, 5) is 0.266. The van der Waals surface area contributed by atoms with E-state index in [2.05, 4.69) is 5.32 Å². The van der Waals surface area contributed by atoms with Gasteiger partial charge in [0.05, 0.1) is 10.6 Å². The molecule has 0 bridgehead atoms. The van der Waals surface area contributed by atoms with Crippen LogP contribution < -0.4 is 5.32 Å². The molecule has 0 spiro atoms. The molecule has 1 aliphatic rings. The van der Waals surface area contributed by atoms with Crippen LogP contribution in [0.5, 0.6) is 0 Å². The molecule has 1 aromatic carbocycles. The molecule has 1 saturated heterocycles. The van der Waals surface area contributed by atoms with Crippen LogP contribution >= 0.6 is 0 Å². The molecule has 100 valence electrons. The van der Waals surface area contributed by atoms with Crippen molar-refractivity contribution in [3.8, 4) is 0 Å². The van der Waals surface area contributed by atoms with E-state index in [0.717, 1.165) is 25.9 Å². The van der Waals surface area contributed by atoms with Crippen LogP contribution in [0, 0.1) is 18.7 Å². The van der Waals surface area contributed by atoms with Crippen LogP contribution in [0.25, 0.3) is 0 Å². The lowest BCUT2D eigenvalue weighted by Gasteiger charge is -2.22. The lowest BCUT2D eigenvalue weighted by molar-refractivity contribution is 0.401. The zero-order chi connectivity index (χ0) is 13.2. The highest BCUT2D eigenvalue weighted by molar-refractivity contribution is 7.91. The number of sulfone groups is 1. The number of aryl methyl sites for hydroxylation is 1. The molecule has 0 aromatic heterocycles. The quantitative estimate of drug-likeness (QED) is 0.854. The lowest BCUT2D eigenvalue weighted by atomic mass is 10.0. The largest absolute Gasteiger partial charge is 0.317 e. The summed E-state index contributed by atoms with van der Waals surface area (Å²) in [7, 11) is -3.30. The van der Waals surface area contributed by atoms with Crippen molar-refractivity contribution < 1.29 is 12.8 Å². The highest BCUT2D eigenvalue weighted by Crippen LogP contribution is 2.22. The van der Waals surface area contributed by atoms with Crippen molar-refractivity contribution in [2.45, 2.75) is 24.7 Å². The molecule has 0 saturated carbocycles. The predicted molar refractivity (Wildman–Crippen MR) is 68.8 cm³/mol. The third-order valence-corrected chi connectivity index (χ3v) is 5.42. The molecule has 2 rings (SSSR count). The molecule has 3 nitrogen and oxygen atoms in total. The first-order chi connectivity index (χ1) is 8.49. The normalized spacial score (nSPS) is 17.9. The third-order valence-electron chi connectivity index (χ3n) is 3.39. The minimum atomic E-state index is -3.30. The monoisotopic (exact) mass is 271 g/mol. The molecule has 0 amide bonds. The minimum Gasteiger partial charge on any atom is -0.317 e. The van der Waals surface area contributed by atoms with Gasteiger partial charge in [0, 0.05) is 0 Å². The van der Waals surface area contributed by atoms with Crippen molar-refractivity contribution in [1.82, 2.24) is 5.32 Å². The van der Waals surface area contributed by atoms with Gasteiger partial charge >= 0.3 is 0 Å². The zero-order valence-corrected chi connectivity index (χ0v) is 11.3. The van der Waals surface area contributed by atoms with Gasteiger partial charge < -0.3 is 5.32 Å². The second-order valence-electron chi connectivity index (χ2n) is 4.88. The smallest absolute Gasteiger partial charge is 0.178 e. The number of rotatable bonds is 3. The molecular weight excluding hydrogens is 253 g/mol. The maximum Gasteiger partial charge on any atom is 0.178 e. The van der Waals surface area contributed by atoms with Crippen molar-refractivity contribution in [1.29, 1.82) is 0 Å². The molecule has 1 aromatic rings. The second kappa shape index (κ2) is 5.36. The van der Waals surface area contributed by atoms with Gasteiger partial charge in [0.25, 0.3) is 0 Å². The van der Waals surface area contributed by atoms with Crippen molar-refractivity contribution in [2.75, 3.05) is 18.8 Å². The topological polar surface area (TPSA) is 46.2 Å². The maximum atomic E-state index is 13.0. The molecule has 0 unspecified atom stereocenters. The highest BCUT2D eigenvalue weighted by Gasteiger charge is 2.24. The Hall–Kier alpha value is -0.940. The summed E-state index contributed by atoms with van der Waals surface area (Å²) in [6, 6.07) is 3.86. The van der Waals surface area contributed by atoms with E-state index in [4.69, 9.17) is 0 Å². The second-order valence-corrected chi connectivity index (χ2v) is 6.89. The van der Waals surface area contributed by atoms with E-state index in [1.807, 2.05) is 0 Å². The van der Waals surface area contributed by atoms with Gasteiger partial charge in [-0.05, 0) is 62.5 Å². The average Bonchev–Trinajstić information content (AvgIpc) is 2.29. The highest BCUT2D eigenvalue weighted by atomic mass is 32.2. The minimum absolute atomic E-state index is 0.168. The Morgan fingerprint density at radius 1 is 1.33 bits per heavy atom. The zero-order valence-electron chi connectivity index (χ0n) is 10.4. The summed E-state index contributed by atoms with van der Waals surface area (Å²) in [6.45, 7) is 3.39. The van der Waals surface area contributed by atoms with E-state index in [0.29, 0.717) is 5.56 Å². The number of benzene rings is 1. The molecule has 1 aliphatic heterocycles. The van der Waals surface area contributed by atoms with Crippen LogP contribution in [0.2, 0.25) is 0 Å². The van der Waals surface area contributed by atoms with E-state index in [1.165, 1.54) is 18.2 Å². The third kappa shape index (κ3) is 3.09. The van der Waals surface area contributed by atoms with Gasteiger partial charge in [0.15, 0.2) is 9.84 Å². The van der Waals surface area contributed by atoms with Gasteiger partial charge in [-0.15, -0.1) is 0 Å². The summed E-state index contributed by atoms with van der Waals surface area (Å²) in [5.41, 5.74) is 0.490. The SMILES string of the molecule is Cc1cc(F)ccc1S(=O)(=O)CC1CCNCC1. The van der Waals surface area contributed by atoms with Gasteiger partial charge in [-0.3, -0.25) is 0 Å². The lowest BCUT2D eigenvalue weighted by Crippen LogP contribution is -2.31. The average molecular weight is 271 g/mol. The van der Waals surface area contributed by atoms with Crippen LogP contribution in [0.3, 0.4) is 0 Å². The van der Waals surface area contributed by atoms with Gasteiger partial charge in [0.1, 0.15) is 5.82 Å². The number of hydrogen-bond acceptors (Lipinski definition) is 3. The molecule has 0 radical (unpaired) electrons. The van der Waals surface area contributed by atoms with Crippen LogP contribution in [-0.4, -0.2) is 27.3 Å². The van der Waals surface area contributed by atoms with Crippen LogP contribution in [0.15, 0.2) is 23.1 Å². The van der Waals surface area contributed by atoms with E-state index in [-0.39, 0.29) is 16.6 Å². The summed E-state index contributed by atoms with van der Waals surface area (Å²) in [5, 5.41) is 3.21. The summed E-state index contributed by atoms with van der Waals surface area (Å²) in [5.74, 6) is -0.0183. The van der Waals surface area contributed by atoms with Crippen LogP contribution in [-0.2, 0) is 9.84 Å². The Morgan fingerprint density at radius 3 is 2.61 bits per heavy atom. The summed E-state index contributed by atoms with van der Waals surface area (Å²) >= 11 is 0. The number of hydrogen-bond donors (Lipinski definition) is 1. The molecule has 0 aliphatic carbocycles. The molecular formula is C13H18FNO2S. The van der Waals surface area contributed by atoms with Gasteiger partial charge in [-0.25, -0.2) is 12.8 Å². The van der Waals surface area contributed by atoms with Crippen LogP contribution in [0.1, 0.15) is 18.4 Å². The van der Waals surface area contributed by atoms with Crippen molar-refractivity contribution in [3.05, 3.63) is 29.6 Å². The van der Waals surface area contributed by atoms with Crippen molar-refractivity contribution >= 4 is 9.84 Å². The van der Waals surface area contributed by atoms with E-state index in [1.54, 1.807) is 6.92 Å². The van der Waals surface area contributed by atoms with Crippen LogP contribution in [0.4, 0.5) is 4.39 Å². The Kier molecular flexibility index (Phi) is 4.02. The Morgan fingerprint density at radius 2 is 2.00 bits per heavy atom. The number of nitrogens with one attached hydrogen (secondary N) is 1. The van der Waals surface area contributed by atoms with Crippen molar-refractivity contribution in [3.63, 3.8) is 0 Å². The molecule has 0 atom stereocenters. The molecule has 1 N–H and O–H groups in total. The molecule has 1 heterocycles. The number of halogens is 1. The fourth-order valence-corrected chi connectivity index (χ4v) is 4.37. The van der Waals surface area contributed by atoms with E-state index >= 15 is 0 Å². The standard InChI is InChI=1S/C13H18FNO2S/c1-10-8-12(14)2-3-13(10)18(16,17)9-11-4-6-15-7-5-11/h2-3,8,11,15H,4-7,9H2,1H3. The fourth-order valence-electron chi connectivity index (χ4n) is 2.41. The summed E-state index contributed by atoms with van der Waals surface area (Å²) < 4.78 is 37.6. The van der Waals surface area contributed by atoms with E-state index < -0.39 is 15.7 Å². The Labute approximate surface area is 107 Å². The Balaban J connectivity index is 2.19. The molecule has 18 heavy (non-hydrogen) atoms.